The maximum atomic E-state index is 11.4. The molecule has 0 fully saturated rings. The second kappa shape index (κ2) is 3.17. The van der Waals surface area contributed by atoms with Crippen LogP contribution in [0.3, 0.4) is 0 Å². The van der Waals surface area contributed by atoms with Gasteiger partial charge in [-0.05, 0) is 18.2 Å². The van der Waals surface area contributed by atoms with E-state index in [-0.39, 0.29) is 5.43 Å². The van der Waals surface area contributed by atoms with Crippen LogP contribution in [0.15, 0.2) is 47.3 Å². The van der Waals surface area contributed by atoms with E-state index >= 15 is 0 Å². The molecule has 1 radical (unpaired) electrons. The highest BCUT2D eigenvalue weighted by Crippen LogP contribution is 2.31. The minimum atomic E-state index is -0.0615. The van der Waals surface area contributed by atoms with Gasteiger partial charge >= 0.3 is 0 Å². The molecule has 1 aromatic heterocycles. The lowest BCUT2D eigenvalue weighted by atomic mass is 10.2. The Bertz CT molecular complexity index is 697. The van der Waals surface area contributed by atoms with E-state index in [0.717, 1.165) is 15.5 Å². The minimum Gasteiger partial charge on any atom is -0.289 e. The van der Waals surface area contributed by atoms with E-state index in [2.05, 4.69) is 12.1 Å². The Kier molecular flexibility index (Phi) is 1.82. The molecule has 0 aliphatic heterocycles. The summed E-state index contributed by atoms with van der Waals surface area (Å²) in [6.45, 7) is 0. The first-order valence-electron chi connectivity index (χ1n) is 4.68. The summed E-state index contributed by atoms with van der Waals surface area (Å²) in [6.07, 6.45) is 0. The molecule has 0 bridgehead atoms. The maximum Gasteiger partial charge on any atom is 0.187 e. The number of hydrogen-bond acceptors (Lipinski definition) is 2. The Labute approximate surface area is 90.6 Å². The highest BCUT2D eigenvalue weighted by atomic mass is 32.1. The van der Waals surface area contributed by atoms with Gasteiger partial charge in [-0.15, -0.1) is 11.3 Å². The first-order chi connectivity index (χ1) is 7.34. The zero-order valence-electron chi connectivity index (χ0n) is 7.86. The molecule has 0 N–H and O–H groups in total. The van der Waals surface area contributed by atoms with Crippen molar-refractivity contribution in [1.29, 1.82) is 0 Å². The van der Waals surface area contributed by atoms with Crippen molar-refractivity contribution in [1.82, 2.24) is 0 Å². The Morgan fingerprint density at radius 1 is 0.933 bits per heavy atom. The summed E-state index contributed by atoms with van der Waals surface area (Å²) in [5, 5.41) is 2.05. The summed E-state index contributed by atoms with van der Waals surface area (Å²) in [5.74, 6) is 0. The smallest absolute Gasteiger partial charge is 0.187 e. The quantitative estimate of drug-likeness (QED) is 0.558. The van der Waals surface area contributed by atoms with Crippen LogP contribution in [0.2, 0.25) is 0 Å². The van der Waals surface area contributed by atoms with Crippen molar-refractivity contribution in [2.24, 2.45) is 0 Å². The van der Waals surface area contributed by atoms with E-state index in [9.17, 15) is 4.79 Å². The van der Waals surface area contributed by atoms with Gasteiger partial charge in [-0.2, -0.15) is 0 Å². The predicted molar refractivity (Wildman–Crippen MR) is 64.4 cm³/mol. The zero-order chi connectivity index (χ0) is 10.3. The van der Waals surface area contributed by atoms with Crippen LogP contribution in [0.4, 0.5) is 0 Å². The lowest BCUT2D eigenvalue weighted by Gasteiger charge is -1.85. The van der Waals surface area contributed by atoms with Crippen molar-refractivity contribution in [2.75, 3.05) is 0 Å². The van der Waals surface area contributed by atoms with E-state index in [1.54, 1.807) is 23.5 Å². The fourth-order valence-corrected chi connectivity index (χ4v) is 2.77. The molecule has 0 saturated carbocycles. The van der Waals surface area contributed by atoms with E-state index in [0.29, 0.717) is 0 Å². The molecule has 2 aromatic carbocycles. The minimum absolute atomic E-state index is 0.0615. The second-order valence-electron chi connectivity index (χ2n) is 3.35. The molecule has 0 saturated heterocycles. The maximum absolute atomic E-state index is 11.4. The normalized spacial score (nSPS) is 10.9. The Morgan fingerprint density at radius 3 is 2.67 bits per heavy atom. The van der Waals surface area contributed by atoms with Crippen LogP contribution in [-0.4, -0.2) is 0 Å². The standard InChI is InChI=1S/C13H7OS/c14-9-4-3-7-13-11(8-9)10-5-1-2-6-12(10)15-13/h1-7H. The number of rotatable bonds is 0. The van der Waals surface area contributed by atoms with Crippen molar-refractivity contribution in [3.05, 3.63) is 58.8 Å². The zero-order valence-corrected chi connectivity index (χ0v) is 8.67. The molecule has 2 heteroatoms. The third kappa shape index (κ3) is 1.34. The van der Waals surface area contributed by atoms with Crippen LogP contribution in [0.1, 0.15) is 0 Å². The predicted octanol–water partition coefficient (Wildman–Crippen LogP) is 3.21. The second-order valence-corrected chi connectivity index (χ2v) is 4.44. The molecule has 3 aromatic rings. The van der Waals surface area contributed by atoms with Gasteiger partial charge in [-0.3, -0.25) is 4.79 Å². The average molecular weight is 211 g/mol. The van der Waals surface area contributed by atoms with Crippen molar-refractivity contribution in [2.45, 2.75) is 0 Å². The lowest BCUT2D eigenvalue weighted by molar-refractivity contribution is 1.68. The van der Waals surface area contributed by atoms with Crippen molar-refractivity contribution in [3.8, 4) is 0 Å². The van der Waals surface area contributed by atoms with E-state index in [1.165, 1.54) is 4.70 Å². The first-order valence-corrected chi connectivity index (χ1v) is 5.50. The van der Waals surface area contributed by atoms with E-state index in [4.69, 9.17) is 0 Å². The molecule has 71 valence electrons. The number of thiophene rings is 1. The van der Waals surface area contributed by atoms with Gasteiger partial charge in [-0.1, -0.05) is 24.3 Å². The number of benzene rings is 1. The highest BCUT2D eigenvalue weighted by Gasteiger charge is 2.02. The molecular weight excluding hydrogens is 204 g/mol. The summed E-state index contributed by atoms with van der Waals surface area (Å²) in [4.78, 5) is 11.4. The third-order valence-corrected chi connectivity index (χ3v) is 3.50. The fraction of sp³-hybridized carbons (Fsp3) is 0. The topological polar surface area (TPSA) is 17.1 Å². The monoisotopic (exact) mass is 211 g/mol. The summed E-state index contributed by atoms with van der Waals surface area (Å²) in [5.41, 5.74) is -0.0615. The number of fused-ring (bicyclic) bond motifs is 3. The molecule has 1 nitrogen and oxygen atoms in total. The van der Waals surface area contributed by atoms with Gasteiger partial charge < -0.3 is 0 Å². The van der Waals surface area contributed by atoms with Crippen molar-refractivity contribution < 1.29 is 0 Å². The van der Waals surface area contributed by atoms with Gasteiger partial charge in [0.15, 0.2) is 5.43 Å². The van der Waals surface area contributed by atoms with Crippen molar-refractivity contribution >= 4 is 31.5 Å². The summed E-state index contributed by atoms with van der Waals surface area (Å²) in [7, 11) is 0. The summed E-state index contributed by atoms with van der Waals surface area (Å²) < 4.78 is 2.31. The molecule has 15 heavy (non-hydrogen) atoms. The van der Waals surface area contributed by atoms with Crippen LogP contribution in [0.25, 0.3) is 20.2 Å². The van der Waals surface area contributed by atoms with E-state index < -0.39 is 0 Å². The SMILES string of the molecule is O=c1[c]c2c(ccc1)sc1ccccc12. The third-order valence-electron chi connectivity index (χ3n) is 2.37. The summed E-state index contributed by atoms with van der Waals surface area (Å²) in [6, 6.07) is 16.3. The van der Waals surface area contributed by atoms with Gasteiger partial charge in [0.05, 0.1) is 0 Å². The first kappa shape index (κ1) is 8.62. The van der Waals surface area contributed by atoms with E-state index in [1.807, 2.05) is 24.3 Å². The molecule has 3 rings (SSSR count). The summed E-state index contributed by atoms with van der Waals surface area (Å²) >= 11 is 1.69. The van der Waals surface area contributed by atoms with Gasteiger partial charge in [0.1, 0.15) is 0 Å². The Morgan fingerprint density at radius 2 is 1.73 bits per heavy atom. The molecule has 0 aliphatic rings. The molecule has 0 aliphatic carbocycles. The van der Waals surface area contributed by atoms with Crippen LogP contribution in [-0.2, 0) is 0 Å². The molecule has 0 unspecified atom stereocenters. The van der Waals surface area contributed by atoms with Crippen LogP contribution in [0.5, 0.6) is 0 Å². The molecule has 1 heterocycles. The molecule has 0 spiro atoms. The van der Waals surface area contributed by atoms with Gasteiger partial charge in [0, 0.05) is 26.2 Å². The lowest BCUT2D eigenvalue weighted by Crippen LogP contribution is -1.89. The molecule has 0 amide bonds. The van der Waals surface area contributed by atoms with Crippen LogP contribution in [0, 0.1) is 6.07 Å². The highest BCUT2D eigenvalue weighted by molar-refractivity contribution is 7.25. The van der Waals surface area contributed by atoms with Crippen molar-refractivity contribution in [3.63, 3.8) is 0 Å². The molecular formula is C13H7OS. The van der Waals surface area contributed by atoms with Gasteiger partial charge in [-0.25, -0.2) is 0 Å². The fourth-order valence-electron chi connectivity index (χ4n) is 1.70. The van der Waals surface area contributed by atoms with Gasteiger partial charge in [0.25, 0.3) is 0 Å². The Balaban J connectivity index is 2.65. The van der Waals surface area contributed by atoms with Crippen LogP contribution < -0.4 is 5.43 Å². The number of hydrogen-bond donors (Lipinski definition) is 0. The average Bonchev–Trinajstić information content (AvgIpc) is 2.47. The van der Waals surface area contributed by atoms with Gasteiger partial charge in [0.2, 0.25) is 0 Å². The largest absolute Gasteiger partial charge is 0.289 e. The molecule has 0 atom stereocenters. The van der Waals surface area contributed by atoms with Crippen LogP contribution >= 0.6 is 11.3 Å². The Hall–Kier alpha value is -1.67.